The molecular formula is C16H15Cl2N3O2S. The second-order valence-corrected chi connectivity index (χ2v) is 7.45. The van der Waals surface area contributed by atoms with Crippen LogP contribution < -0.4 is 10.6 Å². The van der Waals surface area contributed by atoms with Crippen molar-refractivity contribution in [2.75, 3.05) is 11.9 Å². The van der Waals surface area contributed by atoms with Gasteiger partial charge in [0.25, 0.3) is 0 Å². The van der Waals surface area contributed by atoms with Crippen LogP contribution in [0.4, 0.5) is 5.13 Å². The van der Waals surface area contributed by atoms with Gasteiger partial charge < -0.3 is 10.6 Å². The summed E-state index contributed by atoms with van der Waals surface area (Å²) in [5.41, 5.74) is 0.917. The van der Waals surface area contributed by atoms with Crippen LogP contribution in [0.1, 0.15) is 23.3 Å². The molecule has 126 valence electrons. The number of nitrogens with zero attached hydrogens (tertiary/aromatic N) is 1. The van der Waals surface area contributed by atoms with E-state index in [0.717, 1.165) is 10.4 Å². The Labute approximate surface area is 153 Å². The van der Waals surface area contributed by atoms with E-state index in [1.165, 1.54) is 11.3 Å². The van der Waals surface area contributed by atoms with Gasteiger partial charge in [-0.15, -0.1) is 11.3 Å². The molecule has 24 heavy (non-hydrogen) atoms. The Morgan fingerprint density at radius 2 is 2.25 bits per heavy atom. The molecular weight excluding hydrogens is 369 g/mol. The highest BCUT2D eigenvalue weighted by atomic mass is 35.5. The molecule has 1 saturated heterocycles. The zero-order valence-corrected chi connectivity index (χ0v) is 15.0. The van der Waals surface area contributed by atoms with Gasteiger partial charge in [-0.2, -0.15) is 0 Å². The molecule has 0 unspecified atom stereocenters. The van der Waals surface area contributed by atoms with Crippen LogP contribution in [0.3, 0.4) is 0 Å². The van der Waals surface area contributed by atoms with Crippen molar-refractivity contribution in [2.45, 2.75) is 19.3 Å². The molecule has 5 nitrogen and oxygen atoms in total. The summed E-state index contributed by atoms with van der Waals surface area (Å²) in [6, 6.07) is 5.51. The summed E-state index contributed by atoms with van der Waals surface area (Å²) in [5.74, 6) is -0.330. The fraction of sp³-hybridized carbons (Fsp3) is 0.312. The molecule has 8 heteroatoms. The number of thiazole rings is 1. The van der Waals surface area contributed by atoms with E-state index in [0.29, 0.717) is 41.0 Å². The van der Waals surface area contributed by atoms with Crippen LogP contribution in [0.15, 0.2) is 24.4 Å². The lowest BCUT2D eigenvalue weighted by atomic mass is 9.98. The van der Waals surface area contributed by atoms with Gasteiger partial charge in [-0.25, -0.2) is 4.98 Å². The largest absolute Gasteiger partial charge is 0.355 e. The molecule has 1 aromatic carbocycles. The predicted molar refractivity (Wildman–Crippen MR) is 95.7 cm³/mol. The normalized spacial score (nSPS) is 17.4. The lowest BCUT2D eigenvalue weighted by Gasteiger charge is -2.20. The Bertz CT molecular complexity index is 768. The van der Waals surface area contributed by atoms with E-state index in [-0.39, 0.29) is 17.7 Å². The van der Waals surface area contributed by atoms with Gasteiger partial charge in [-0.1, -0.05) is 35.3 Å². The molecule has 0 radical (unpaired) electrons. The van der Waals surface area contributed by atoms with Crippen molar-refractivity contribution in [1.29, 1.82) is 0 Å². The van der Waals surface area contributed by atoms with E-state index in [2.05, 4.69) is 15.6 Å². The number of amides is 2. The number of hydrogen-bond donors (Lipinski definition) is 2. The van der Waals surface area contributed by atoms with E-state index >= 15 is 0 Å². The first kappa shape index (κ1) is 17.2. The van der Waals surface area contributed by atoms with E-state index < -0.39 is 0 Å². The number of piperidine rings is 1. The monoisotopic (exact) mass is 383 g/mol. The Morgan fingerprint density at radius 1 is 1.42 bits per heavy atom. The van der Waals surface area contributed by atoms with Crippen LogP contribution in [-0.2, 0) is 16.0 Å². The van der Waals surface area contributed by atoms with Crippen LogP contribution in [0.25, 0.3) is 0 Å². The highest BCUT2D eigenvalue weighted by molar-refractivity contribution is 7.15. The minimum atomic E-state index is -0.211. The minimum absolute atomic E-state index is 0.00557. The summed E-state index contributed by atoms with van der Waals surface area (Å²) < 4.78 is 0. The molecule has 1 aromatic heterocycles. The third kappa shape index (κ3) is 4.06. The summed E-state index contributed by atoms with van der Waals surface area (Å²) in [6.45, 7) is 0.376. The molecule has 0 aliphatic carbocycles. The van der Waals surface area contributed by atoms with E-state index in [4.69, 9.17) is 23.2 Å². The number of aromatic nitrogens is 1. The van der Waals surface area contributed by atoms with Crippen molar-refractivity contribution < 1.29 is 9.59 Å². The summed E-state index contributed by atoms with van der Waals surface area (Å²) in [6.07, 6.45) is 3.27. The van der Waals surface area contributed by atoms with Crippen molar-refractivity contribution in [2.24, 2.45) is 5.92 Å². The molecule has 0 saturated carbocycles. The molecule has 1 aliphatic heterocycles. The van der Waals surface area contributed by atoms with Crippen LogP contribution >= 0.6 is 34.5 Å². The number of halogens is 2. The Kier molecular flexibility index (Phi) is 5.38. The molecule has 3 rings (SSSR count). The fourth-order valence-corrected chi connectivity index (χ4v) is 3.71. The van der Waals surface area contributed by atoms with Crippen molar-refractivity contribution in [3.8, 4) is 0 Å². The molecule has 2 aromatic rings. The lowest BCUT2D eigenvalue weighted by Crippen LogP contribution is -2.40. The average molecular weight is 384 g/mol. The molecule has 2 amide bonds. The lowest BCUT2D eigenvalue weighted by molar-refractivity contribution is -0.126. The first-order valence-corrected chi connectivity index (χ1v) is 9.05. The average Bonchev–Trinajstić information content (AvgIpc) is 2.99. The van der Waals surface area contributed by atoms with Gasteiger partial charge in [-0.05, 0) is 18.1 Å². The Morgan fingerprint density at radius 3 is 3.00 bits per heavy atom. The summed E-state index contributed by atoms with van der Waals surface area (Å²) in [7, 11) is 0. The van der Waals surface area contributed by atoms with Crippen molar-refractivity contribution in [3.63, 3.8) is 0 Å². The van der Waals surface area contributed by atoms with E-state index in [9.17, 15) is 9.59 Å². The maximum absolute atomic E-state index is 12.2. The number of hydrogen-bond acceptors (Lipinski definition) is 4. The number of nitrogens with one attached hydrogen (secondary N) is 2. The minimum Gasteiger partial charge on any atom is -0.355 e. The van der Waals surface area contributed by atoms with Gasteiger partial charge in [0.1, 0.15) is 0 Å². The molecule has 1 fully saturated rings. The fourth-order valence-electron chi connectivity index (χ4n) is 2.48. The van der Waals surface area contributed by atoms with Crippen LogP contribution in [-0.4, -0.2) is 23.3 Å². The van der Waals surface area contributed by atoms with Gasteiger partial charge in [0.15, 0.2) is 5.13 Å². The van der Waals surface area contributed by atoms with Crippen molar-refractivity contribution >= 4 is 51.5 Å². The highest BCUT2D eigenvalue weighted by Crippen LogP contribution is 2.29. The third-order valence-corrected chi connectivity index (χ3v) is 5.59. The SMILES string of the molecule is O=C1CC[C@@H](C(=O)Nc2ncc(Cc3cccc(Cl)c3Cl)s2)CN1. The topological polar surface area (TPSA) is 71.1 Å². The van der Waals surface area contributed by atoms with E-state index in [1.54, 1.807) is 12.3 Å². The predicted octanol–water partition coefficient (Wildman–Crippen LogP) is 3.51. The number of benzene rings is 1. The van der Waals surface area contributed by atoms with E-state index in [1.807, 2.05) is 12.1 Å². The zero-order valence-electron chi connectivity index (χ0n) is 12.6. The molecule has 0 bridgehead atoms. The maximum atomic E-state index is 12.2. The van der Waals surface area contributed by atoms with Crippen LogP contribution in [0, 0.1) is 5.92 Å². The molecule has 0 spiro atoms. The zero-order chi connectivity index (χ0) is 17.1. The van der Waals surface area contributed by atoms with Gasteiger partial charge in [0.05, 0.1) is 16.0 Å². The smallest absolute Gasteiger partial charge is 0.231 e. The summed E-state index contributed by atoms with van der Waals surface area (Å²) >= 11 is 13.6. The summed E-state index contributed by atoms with van der Waals surface area (Å²) in [5, 5.41) is 7.13. The molecule has 1 aliphatic rings. The van der Waals surface area contributed by atoms with Gasteiger partial charge in [-0.3, -0.25) is 9.59 Å². The van der Waals surface area contributed by atoms with Crippen LogP contribution in [0.2, 0.25) is 10.0 Å². The van der Waals surface area contributed by atoms with Crippen molar-refractivity contribution in [3.05, 3.63) is 44.9 Å². The number of carbonyl (C=O) groups excluding carboxylic acids is 2. The maximum Gasteiger partial charge on any atom is 0.231 e. The third-order valence-electron chi connectivity index (χ3n) is 3.82. The summed E-state index contributed by atoms with van der Waals surface area (Å²) in [4.78, 5) is 28.6. The standard InChI is InChI=1S/C16H15Cl2N3O2S/c17-12-3-1-2-9(14(12)18)6-11-8-20-16(24-11)21-15(23)10-4-5-13(22)19-7-10/h1-3,8,10H,4-7H2,(H,19,22)(H,20,21,23)/t10-/m1/s1. The second-order valence-electron chi connectivity index (χ2n) is 5.55. The number of carbonyl (C=O) groups is 2. The molecule has 2 N–H and O–H groups in total. The van der Waals surface area contributed by atoms with Gasteiger partial charge in [0.2, 0.25) is 11.8 Å². The number of rotatable bonds is 4. The Balaban J connectivity index is 1.62. The van der Waals surface area contributed by atoms with Gasteiger partial charge in [0, 0.05) is 30.5 Å². The number of anilines is 1. The molecule has 2 heterocycles. The van der Waals surface area contributed by atoms with Crippen LogP contribution in [0.5, 0.6) is 0 Å². The second kappa shape index (κ2) is 7.51. The Hall–Kier alpha value is -1.63. The van der Waals surface area contributed by atoms with Gasteiger partial charge >= 0.3 is 0 Å². The highest BCUT2D eigenvalue weighted by Gasteiger charge is 2.25. The van der Waals surface area contributed by atoms with Crippen molar-refractivity contribution in [1.82, 2.24) is 10.3 Å². The molecule has 1 atom stereocenters. The first-order chi connectivity index (χ1) is 11.5. The first-order valence-electron chi connectivity index (χ1n) is 7.48. The quantitative estimate of drug-likeness (QED) is 0.848.